The van der Waals surface area contributed by atoms with Crippen LogP contribution in [0.5, 0.6) is 11.5 Å². The molecule has 202 valence electrons. The van der Waals surface area contributed by atoms with Crippen LogP contribution in [0.4, 0.5) is 0 Å². The van der Waals surface area contributed by atoms with Crippen molar-refractivity contribution in [2.45, 2.75) is 110 Å². The van der Waals surface area contributed by atoms with E-state index < -0.39 is 17.7 Å². The van der Waals surface area contributed by atoms with Gasteiger partial charge in [-0.1, -0.05) is 96.5 Å². The van der Waals surface area contributed by atoms with E-state index in [1.54, 1.807) is 31.3 Å². The minimum atomic E-state index is -0.614. The molecule has 6 nitrogen and oxygen atoms in total. The Balaban J connectivity index is 1.79. The molecule has 1 aliphatic rings. The van der Waals surface area contributed by atoms with E-state index in [0.717, 1.165) is 24.8 Å². The standard InChI is InChI=1S/C30H47NO5/c1-5-6-7-8-9-10-11-12-13-14-15-16-17-18-21-31-28(27(23(2)32)29(33)30(31)34)24-19-20-25(35-3)26(22-24)36-4/h19-20,22,28,33H,5-18,21H2,1-4H3/t28-/m1/s1. The SMILES string of the molecule is CCCCCCCCCCCCCCCCN1C(=O)C(O)=C(C(C)=O)[C@H]1c1ccc(OC)c(OC)c1. The third-order valence-electron chi connectivity index (χ3n) is 7.16. The molecule has 0 bridgehead atoms. The predicted molar refractivity (Wildman–Crippen MR) is 145 cm³/mol. The van der Waals surface area contributed by atoms with Crippen molar-refractivity contribution in [3.8, 4) is 11.5 Å². The highest BCUT2D eigenvalue weighted by atomic mass is 16.5. The summed E-state index contributed by atoms with van der Waals surface area (Å²) in [6.07, 6.45) is 17.7. The van der Waals surface area contributed by atoms with Crippen LogP contribution in [0, 0.1) is 0 Å². The fraction of sp³-hybridized carbons (Fsp3) is 0.667. The van der Waals surface area contributed by atoms with Crippen molar-refractivity contribution in [3.05, 3.63) is 35.1 Å². The number of ether oxygens (including phenoxy) is 2. The zero-order valence-electron chi connectivity index (χ0n) is 22.9. The van der Waals surface area contributed by atoms with E-state index in [2.05, 4.69) is 6.92 Å². The number of aliphatic hydroxyl groups is 1. The number of hydrogen-bond donors (Lipinski definition) is 1. The van der Waals surface area contributed by atoms with Crippen LogP contribution in [-0.2, 0) is 9.59 Å². The van der Waals surface area contributed by atoms with Gasteiger partial charge in [0.2, 0.25) is 0 Å². The van der Waals surface area contributed by atoms with Crippen LogP contribution in [0.3, 0.4) is 0 Å². The lowest BCUT2D eigenvalue weighted by Gasteiger charge is -2.27. The Morgan fingerprint density at radius 1 is 0.833 bits per heavy atom. The van der Waals surface area contributed by atoms with E-state index in [4.69, 9.17) is 9.47 Å². The predicted octanol–water partition coefficient (Wildman–Crippen LogP) is 7.47. The van der Waals surface area contributed by atoms with E-state index in [0.29, 0.717) is 18.0 Å². The normalized spacial score (nSPS) is 15.6. The van der Waals surface area contributed by atoms with E-state index >= 15 is 0 Å². The van der Waals surface area contributed by atoms with Gasteiger partial charge in [0, 0.05) is 6.54 Å². The molecule has 6 heteroatoms. The number of nitrogens with zero attached hydrogens (tertiary/aromatic N) is 1. The maximum Gasteiger partial charge on any atom is 0.290 e. The monoisotopic (exact) mass is 501 g/mol. The summed E-state index contributed by atoms with van der Waals surface area (Å²) in [6.45, 7) is 4.15. The number of rotatable bonds is 19. The van der Waals surface area contributed by atoms with Crippen molar-refractivity contribution in [2.24, 2.45) is 0 Å². The molecule has 1 amide bonds. The van der Waals surface area contributed by atoms with Gasteiger partial charge in [-0.2, -0.15) is 0 Å². The molecule has 36 heavy (non-hydrogen) atoms. The van der Waals surface area contributed by atoms with Crippen molar-refractivity contribution in [2.75, 3.05) is 20.8 Å². The molecule has 0 fully saturated rings. The van der Waals surface area contributed by atoms with Crippen molar-refractivity contribution >= 4 is 11.7 Å². The number of Topliss-reactive ketones (excluding diaryl/α,β-unsaturated/α-hetero) is 1. The Bertz CT molecular complexity index is 863. The van der Waals surface area contributed by atoms with Crippen molar-refractivity contribution in [3.63, 3.8) is 0 Å². The molecule has 1 aliphatic heterocycles. The lowest BCUT2D eigenvalue weighted by Crippen LogP contribution is -2.32. The van der Waals surface area contributed by atoms with Crippen LogP contribution in [0.15, 0.2) is 29.5 Å². The van der Waals surface area contributed by atoms with Crippen LogP contribution in [-0.4, -0.2) is 42.5 Å². The minimum absolute atomic E-state index is 0.151. The molecular formula is C30H47NO5. The zero-order valence-corrected chi connectivity index (χ0v) is 22.9. The molecule has 0 saturated carbocycles. The molecule has 0 aliphatic carbocycles. The van der Waals surface area contributed by atoms with Gasteiger partial charge >= 0.3 is 0 Å². The van der Waals surface area contributed by atoms with Crippen LogP contribution in [0.2, 0.25) is 0 Å². The molecule has 0 saturated heterocycles. The quantitative estimate of drug-likeness (QED) is 0.199. The Morgan fingerprint density at radius 3 is 1.81 bits per heavy atom. The van der Waals surface area contributed by atoms with Gasteiger partial charge in [-0.3, -0.25) is 9.59 Å². The van der Waals surface area contributed by atoms with Gasteiger partial charge in [-0.25, -0.2) is 0 Å². The third-order valence-corrected chi connectivity index (χ3v) is 7.16. The highest BCUT2D eigenvalue weighted by molar-refractivity contribution is 6.08. The molecule has 1 atom stereocenters. The van der Waals surface area contributed by atoms with Gasteiger partial charge in [0.25, 0.3) is 5.91 Å². The summed E-state index contributed by atoms with van der Waals surface area (Å²) in [7, 11) is 3.11. The maximum atomic E-state index is 12.9. The molecule has 0 unspecified atom stereocenters. The summed E-state index contributed by atoms with van der Waals surface area (Å²) in [5.74, 6) is -0.124. The van der Waals surface area contributed by atoms with Crippen LogP contribution in [0.1, 0.15) is 115 Å². The number of ketones is 1. The van der Waals surface area contributed by atoms with Crippen molar-refractivity contribution in [1.82, 2.24) is 4.90 Å². The fourth-order valence-electron chi connectivity index (χ4n) is 5.09. The maximum absolute atomic E-state index is 12.9. The van der Waals surface area contributed by atoms with E-state index in [1.165, 1.54) is 77.6 Å². The van der Waals surface area contributed by atoms with Crippen LogP contribution < -0.4 is 9.47 Å². The van der Waals surface area contributed by atoms with E-state index in [9.17, 15) is 14.7 Å². The minimum Gasteiger partial charge on any atom is -0.503 e. The summed E-state index contributed by atoms with van der Waals surface area (Å²) >= 11 is 0. The largest absolute Gasteiger partial charge is 0.503 e. The summed E-state index contributed by atoms with van der Waals surface area (Å²) < 4.78 is 10.7. The number of carbonyl (C=O) groups excluding carboxylic acids is 2. The molecular weight excluding hydrogens is 454 g/mol. The highest BCUT2D eigenvalue weighted by Gasteiger charge is 2.42. The Morgan fingerprint density at radius 2 is 1.33 bits per heavy atom. The number of unbranched alkanes of at least 4 members (excludes halogenated alkanes) is 13. The fourth-order valence-corrected chi connectivity index (χ4v) is 5.09. The average molecular weight is 502 g/mol. The number of benzene rings is 1. The first-order valence-corrected chi connectivity index (χ1v) is 13.9. The van der Waals surface area contributed by atoms with Gasteiger partial charge in [0.15, 0.2) is 23.0 Å². The number of hydrogen-bond acceptors (Lipinski definition) is 5. The lowest BCUT2D eigenvalue weighted by atomic mass is 9.96. The summed E-state index contributed by atoms with van der Waals surface area (Å²) in [5.41, 5.74) is 0.873. The molecule has 1 aromatic rings. The second-order valence-corrected chi connectivity index (χ2v) is 9.93. The molecule has 1 N–H and O–H groups in total. The molecule has 0 spiro atoms. The Labute approximate surface area is 218 Å². The smallest absolute Gasteiger partial charge is 0.290 e. The molecule has 1 heterocycles. The molecule has 0 aromatic heterocycles. The molecule has 1 aromatic carbocycles. The van der Waals surface area contributed by atoms with Crippen LogP contribution >= 0.6 is 0 Å². The summed E-state index contributed by atoms with van der Waals surface area (Å²) in [6, 6.07) is 4.74. The third kappa shape index (κ3) is 8.56. The molecule has 2 rings (SSSR count). The van der Waals surface area contributed by atoms with Crippen molar-refractivity contribution in [1.29, 1.82) is 0 Å². The number of carbonyl (C=O) groups is 2. The second-order valence-electron chi connectivity index (χ2n) is 9.93. The van der Waals surface area contributed by atoms with Gasteiger partial charge in [0.1, 0.15) is 0 Å². The Hall–Kier alpha value is -2.50. The Kier molecular flexibility index (Phi) is 13.4. The van der Waals surface area contributed by atoms with Gasteiger partial charge in [-0.05, 0) is 31.0 Å². The number of methoxy groups -OCH3 is 2. The number of amides is 1. The van der Waals surface area contributed by atoms with E-state index in [-0.39, 0.29) is 11.4 Å². The van der Waals surface area contributed by atoms with Gasteiger partial charge in [0.05, 0.1) is 25.8 Å². The van der Waals surface area contributed by atoms with Gasteiger partial charge in [-0.15, -0.1) is 0 Å². The summed E-state index contributed by atoms with van der Waals surface area (Å²) in [4.78, 5) is 26.8. The first-order valence-electron chi connectivity index (χ1n) is 13.9. The van der Waals surface area contributed by atoms with Gasteiger partial charge < -0.3 is 19.5 Å². The van der Waals surface area contributed by atoms with E-state index in [1.807, 2.05) is 6.07 Å². The summed E-state index contributed by atoms with van der Waals surface area (Å²) in [5, 5.41) is 10.5. The number of aliphatic hydroxyl groups excluding tert-OH is 1. The second kappa shape index (κ2) is 16.3. The zero-order chi connectivity index (χ0) is 26.3. The molecule has 0 radical (unpaired) electrons. The topological polar surface area (TPSA) is 76.1 Å². The first-order chi connectivity index (χ1) is 17.5. The highest BCUT2D eigenvalue weighted by Crippen LogP contribution is 2.40. The lowest BCUT2D eigenvalue weighted by molar-refractivity contribution is -0.129. The first kappa shape index (κ1) is 29.7. The van der Waals surface area contributed by atoms with Crippen molar-refractivity contribution < 1.29 is 24.2 Å². The van der Waals surface area contributed by atoms with Crippen LogP contribution in [0.25, 0.3) is 0 Å². The average Bonchev–Trinajstić information content (AvgIpc) is 3.13.